The minimum atomic E-state index is -3.29. The first-order chi connectivity index (χ1) is 8.00. The van der Waals surface area contributed by atoms with E-state index < -0.39 is 10.0 Å². The van der Waals surface area contributed by atoms with Gasteiger partial charge < -0.3 is 4.90 Å². The van der Waals surface area contributed by atoms with Gasteiger partial charge in [0.25, 0.3) is 0 Å². The van der Waals surface area contributed by atoms with E-state index in [1.165, 1.54) is 4.90 Å². The van der Waals surface area contributed by atoms with Gasteiger partial charge in [-0.1, -0.05) is 12.1 Å². The number of nitrogens with zero attached hydrogens (tertiary/aromatic N) is 1. The molecule has 1 aliphatic rings. The van der Waals surface area contributed by atoms with Crippen LogP contribution < -0.4 is 4.90 Å². The molecule has 1 aliphatic heterocycles. The van der Waals surface area contributed by atoms with Crippen molar-refractivity contribution in [3.05, 3.63) is 29.8 Å². The van der Waals surface area contributed by atoms with Gasteiger partial charge in [0, 0.05) is 0 Å². The molecule has 0 spiro atoms. The molecule has 0 unspecified atom stereocenters. The van der Waals surface area contributed by atoms with Gasteiger partial charge >= 0.3 is 0 Å². The number of benzene rings is 1. The Kier molecular flexibility index (Phi) is 3.51. The number of hydrogen-bond acceptors (Lipinski definition) is 2. The second-order valence-corrected chi connectivity index (χ2v) is 6.62. The summed E-state index contributed by atoms with van der Waals surface area (Å²) in [5.41, 5.74) is 0.978. The zero-order chi connectivity index (χ0) is 12.5. The fourth-order valence-electron chi connectivity index (χ4n) is 2.03. The predicted octanol–water partition coefficient (Wildman–Crippen LogP) is -0.486. The number of piperazine rings is 1. The summed E-state index contributed by atoms with van der Waals surface area (Å²) in [5, 5.41) is 0. The molecule has 0 aromatic heterocycles. The molecule has 2 rings (SSSR count). The minimum Gasteiger partial charge on any atom is -0.335 e. The van der Waals surface area contributed by atoms with Crippen molar-refractivity contribution < 1.29 is 13.3 Å². The topological polar surface area (TPSA) is 41.8 Å². The molecule has 17 heavy (non-hydrogen) atoms. The normalized spacial score (nSPS) is 19.4. The van der Waals surface area contributed by atoms with Crippen LogP contribution in [0.5, 0.6) is 0 Å². The summed E-state index contributed by atoms with van der Waals surface area (Å²) in [6.07, 6.45) is 0. The van der Waals surface area contributed by atoms with Crippen LogP contribution in [0.4, 0.5) is 0 Å². The Hall–Kier alpha value is -0.910. The largest absolute Gasteiger partial charge is 0.335 e. The molecule has 4 nitrogen and oxygen atoms in total. The van der Waals surface area contributed by atoms with E-state index in [-0.39, 0.29) is 0 Å². The standard InChI is InChI=1S/C12H18N2O2S/c1-11-4-3-5-12(10-11)17(15,16)14-8-6-13(2)7-9-14/h3-5,10H,6-9H2,1-2H3/p+1. The third-order valence-corrected chi connectivity index (χ3v) is 5.10. The molecule has 1 saturated heterocycles. The minimum absolute atomic E-state index is 0.414. The zero-order valence-corrected chi connectivity index (χ0v) is 11.1. The summed E-state index contributed by atoms with van der Waals surface area (Å²) >= 11 is 0. The van der Waals surface area contributed by atoms with Gasteiger partial charge in [-0.15, -0.1) is 0 Å². The summed E-state index contributed by atoms with van der Waals surface area (Å²) in [5.74, 6) is 0. The van der Waals surface area contributed by atoms with Crippen LogP contribution in [0.3, 0.4) is 0 Å². The maximum atomic E-state index is 12.4. The lowest BCUT2D eigenvalue weighted by Gasteiger charge is -2.29. The average molecular weight is 255 g/mol. The predicted molar refractivity (Wildman–Crippen MR) is 66.6 cm³/mol. The van der Waals surface area contributed by atoms with Crippen molar-refractivity contribution >= 4 is 10.0 Å². The lowest BCUT2D eigenvalue weighted by atomic mass is 10.2. The molecule has 1 fully saturated rings. The molecule has 0 saturated carbocycles. The summed E-state index contributed by atoms with van der Waals surface area (Å²) in [4.78, 5) is 1.80. The van der Waals surface area contributed by atoms with Crippen LogP contribution in [0.2, 0.25) is 0 Å². The van der Waals surface area contributed by atoms with Crippen molar-refractivity contribution in [1.29, 1.82) is 0 Å². The van der Waals surface area contributed by atoms with E-state index in [1.54, 1.807) is 22.5 Å². The van der Waals surface area contributed by atoms with Crippen LogP contribution in [-0.2, 0) is 10.0 Å². The van der Waals surface area contributed by atoms with Gasteiger partial charge in [-0.2, -0.15) is 4.31 Å². The number of likely N-dealkylation sites (N-methyl/N-ethyl adjacent to an activating group) is 1. The van der Waals surface area contributed by atoms with E-state index in [1.807, 2.05) is 13.0 Å². The first kappa shape index (κ1) is 12.5. The Morgan fingerprint density at radius 1 is 1.24 bits per heavy atom. The molecule has 5 heteroatoms. The van der Waals surface area contributed by atoms with Crippen molar-refractivity contribution in [1.82, 2.24) is 4.31 Å². The summed E-state index contributed by atoms with van der Waals surface area (Å²) in [7, 11) is -1.19. The molecule has 94 valence electrons. The Labute approximate surface area is 103 Å². The second-order valence-electron chi connectivity index (χ2n) is 4.68. The third-order valence-electron chi connectivity index (χ3n) is 3.20. The Balaban J connectivity index is 2.25. The highest BCUT2D eigenvalue weighted by Crippen LogP contribution is 2.16. The first-order valence-electron chi connectivity index (χ1n) is 5.88. The maximum absolute atomic E-state index is 12.4. The van der Waals surface area contributed by atoms with Crippen molar-refractivity contribution in [3.63, 3.8) is 0 Å². The smallest absolute Gasteiger partial charge is 0.243 e. The molecule has 0 amide bonds. The van der Waals surface area contributed by atoms with Gasteiger partial charge in [-0.05, 0) is 24.6 Å². The molecule has 1 aromatic rings. The van der Waals surface area contributed by atoms with Crippen molar-refractivity contribution in [3.8, 4) is 0 Å². The highest BCUT2D eigenvalue weighted by molar-refractivity contribution is 7.89. The van der Waals surface area contributed by atoms with E-state index >= 15 is 0 Å². The summed E-state index contributed by atoms with van der Waals surface area (Å²) in [6, 6.07) is 7.12. The van der Waals surface area contributed by atoms with Gasteiger partial charge in [0.15, 0.2) is 0 Å². The van der Waals surface area contributed by atoms with Crippen molar-refractivity contribution in [2.75, 3.05) is 33.2 Å². The highest BCUT2D eigenvalue weighted by Gasteiger charge is 2.28. The average Bonchev–Trinajstić information content (AvgIpc) is 2.29. The number of sulfonamides is 1. The number of rotatable bonds is 2. The number of quaternary nitrogens is 1. The molecule has 0 aliphatic carbocycles. The monoisotopic (exact) mass is 255 g/mol. The number of hydrogen-bond donors (Lipinski definition) is 1. The van der Waals surface area contributed by atoms with E-state index in [0.29, 0.717) is 18.0 Å². The molecular formula is C12H19N2O2S+. The van der Waals surface area contributed by atoms with Gasteiger partial charge in [0.05, 0.1) is 38.1 Å². The highest BCUT2D eigenvalue weighted by atomic mass is 32.2. The van der Waals surface area contributed by atoms with E-state index in [0.717, 1.165) is 18.7 Å². The van der Waals surface area contributed by atoms with Gasteiger partial charge in [-0.25, -0.2) is 8.42 Å². The van der Waals surface area contributed by atoms with Crippen molar-refractivity contribution in [2.45, 2.75) is 11.8 Å². The van der Waals surface area contributed by atoms with E-state index in [4.69, 9.17) is 0 Å². The molecule has 0 bridgehead atoms. The molecule has 1 heterocycles. The fourth-order valence-corrected chi connectivity index (χ4v) is 3.58. The SMILES string of the molecule is Cc1cccc(S(=O)(=O)N2CC[NH+](C)CC2)c1. The molecular weight excluding hydrogens is 236 g/mol. The Morgan fingerprint density at radius 3 is 2.47 bits per heavy atom. The van der Waals surface area contributed by atoms with Crippen LogP contribution in [-0.4, -0.2) is 45.9 Å². The van der Waals surface area contributed by atoms with Crippen LogP contribution >= 0.6 is 0 Å². The molecule has 0 atom stereocenters. The first-order valence-corrected chi connectivity index (χ1v) is 7.32. The number of aryl methyl sites for hydroxylation is 1. The van der Waals surface area contributed by atoms with Crippen molar-refractivity contribution in [2.24, 2.45) is 0 Å². The maximum Gasteiger partial charge on any atom is 0.243 e. The van der Waals surface area contributed by atoms with Crippen LogP contribution in [0.1, 0.15) is 5.56 Å². The van der Waals surface area contributed by atoms with E-state index in [2.05, 4.69) is 7.05 Å². The third kappa shape index (κ3) is 2.68. The van der Waals surface area contributed by atoms with E-state index in [9.17, 15) is 8.42 Å². The Morgan fingerprint density at radius 2 is 1.88 bits per heavy atom. The summed E-state index contributed by atoms with van der Waals surface area (Å²) in [6.45, 7) is 4.90. The van der Waals surface area contributed by atoms with Crippen LogP contribution in [0.15, 0.2) is 29.2 Å². The molecule has 0 radical (unpaired) electrons. The Bertz CT molecular complexity index is 491. The number of nitrogens with one attached hydrogen (secondary N) is 1. The lowest BCUT2D eigenvalue weighted by molar-refractivity contribution is -0.883. The van der Waals surface area contributed by atoms with Gasteiger partial charge in [0.1, 0.15) is 0 Å². The second kappa shape index (κ2) is 4.76. The van der Waals surface area contributed by atoms with Gasteiger partial charge in [0.2, 0.25) is 10.0 Å². The van der Waals surface area contributed by atoms with Crippen LogP contribution in [0, 0.1) is 6.92 Å². The lowest BCUT2D eigenvalue weighted by Crippen LogP contribution is -3.12. The summed E-state index contributed by atoms with van der Waals surface area (Å²) < 4.78 is 26.3. The fraction of sp³-hybridized carbons (Fsp3) is 0.500. The van der Waals surface area contributed by atoms with Crippen LogP contribution in [0.25, 0.3) is 0 Å². The quantitative estimate of drug-likeness (QED) is 0.775. The zero-order valence-electron chi connectivity index (χ0n) is 10.3. The molecule has 1 aromatic carbocycles. The molecule has 1 N–H and O–H groups in total. The van der Waals surface area contributed by atoms with Gasteiger partial charge in [-0.3, -0.25) is 0 Å².